The van der Waals surface area contributed by atoms with Crippen molar-refractivity contribution in [2.75, 3.05) is 0 Å². The van der Waals surface area contributed by atoms with E-state index >= 15 is 0 Å². The highest BCUT2D eigenvalue weighted by molar-refractivity contribution is 6.03. The zero-order chi connectivity index (χ0) is 22.2. The number of nitriles is 1. The summed E-state index contributed by atoms with van der Waals surface area (Å²) in [7, 11) is 0. The molecule has 0 fully saturated rings. The van der Waals surface area contributed by atoms with Crippen molar-refractivity contribution in [1.82, 2.24) is 0 Å². The molecule has 156 valence electrons. The number of benzene rings is 1. The lowest BCUT2D eigenvalue weighted by molar-refractivity contribution is -0.116. The minimum Gasteiger partial charge on any atom is -0.461 e. The number of hydrogen-bond donors (Lipinski definition) is 0. The first-order valence-electron chi connectivity index (χ1n) is 10.1. The van der Waals surface area contributed by atoms with Crippen LogP contribution in [0.5, 0.6) is 0 Å². The summed E-state index contributed by atoms with van der Waals surface area (Å²) >= 11 is 0. The van der Waals surface area contributed by atoms with Gasteiger partial charge >= 0.3 is 0 Å². The van der Waals surface area contributed by atoms with E-state index in [0.29, 0.717) is 47.1 Å². The van der Waals surface area contributed by atoms with Crippen LogP contribution in [0.25, 0.3) is 11.0 Å². The van der Waals surface area contributed by atoms with Crippen LogP contribution in [-0.2, 0) is 4.79 Å². The summed E-state index contributed by atoms with van der Waals surface area (Å²) in [5.41, 5.74) is 1.61. The maximum absolute atomic E-state index is 14.5. The Morgan fingerprint density at radius 2 is 2.00 bits per heavy atom. The molecule has 2 unspecified atom stereocenters. The summed E-state index contributed by atoms with van der Waals surface area (Å²) in [4.78, 5) is 30.1. The molecule has 1 aliphatic rings. The van der Waals surface area contributed by atoms with Gasteiger partial charge in [-0.1, -0.05) is 19.9 Å². The van der Waals surface area contributed by atoms with Crippen LogP contribution in [0.15, 0.2) is 43.7 Å². The summed E-state index contributed by atoms with van der Waals surface area (Å²) in [6.07, 6.45) is 1.04. The molecule has 0 aliphatic carbocycles. The third-order valence-corrected chi connectivity index (χ3v) is 5.53. The topological polar surface area (TPSA) is 83.4 Å². The molecule has 2 aromatic rings. The minimum absolute atomic E-state index is 0.0851. The molecule has 1 aromatic heterocycles. The number of hydrogen-bond acceptors (Lipinski definition) is 5. The smallest absolute Gasteiger partial charge is 0.195 e. The Morgan fingerprint density at radius 3 is 2.63 bits per heavy atom. The molecule has 5 nitrogen and oxygen atoms in total. The van der Waals surface area contributed by atoms with Gasteiger partial charge in [-0.25, -0.2) is 4.39 Å². The third-order valence-electron chi connectivity index (χ3n) is 5.53. The zero-order valence-electron chi connectivity index (χ0n) is 17.9. The maximum atomic E-state index is 14.5. The number of carbonyl (C=O) groups excluding carboxylic acids is 1. The van der Waals surface area contributed by atoms with Gasteiger partial charge in [0.25, 0.3) is 0 Å². The van der Waals surface area contributed by atoms with Crippen molar-refractivity contribution in [3.8, 4) is 6.07 Å². The quantitative estimate of drug-likeness (QED) is 0.679. The number of carbonyl (C=O) groups is 1. The third kappa shape index (κ3) is 3.85. The number of ketones is 1. The molecule has 0 radical (unpaired) electrons. The number of rotatable bonds is 5. The molecule has 30 heavy (non-hydrogen) atoms. The highest BCUT2D eigenvalue weighted by Crippen LogP contribution is 2.42. The molecule has 2 heterocycles. The fourth-order valence-corrected chi connectivity index (χ4v) is 4.07. The van der Waals surface area contributed by atoms with Crippen LogP contribution < -0.4 is 5.43 Å². The summed E-state index contributed by atoms with van der Waals surface area (Å²) in [6.45, 7) is 9.18. The lowest BCUT2D eigenvalue weighted by atomic mass is 9.74. The summed E-state index contributed by atoms with van der Waals surface area (Å²) < 4.78 is 20.3. The van der Waals surface area contributed by atoms with Gasteiger partial charge in [0, 0.05) is 41.0 Å². The van der Waals surface area contributed by atoms with Crippen LogP contribution in [0.1, 0.15) is 57.8 Å². The Morgan fingerprint density at radius 1 is 1.30 bits per heavy atom. The molecule has 0 bridgehead atoms. The maximum Gasteiger partial charge on any atom is 0.195 e. The van der Waals surface area contributed by atoms with Crippen molar-refractivity contribution in [2.45, 2.75) is 53.4 Å². The van der Waals surface area contributed by atoms with Gasteiger partial charge in [-0.3, -0.25) is 14.6 Å². The van der Waals surface area contributed by atoms with Crippen molar-refractivity contribution in [2.24, 2.45) is 16.8 Å². The normalized spacial score (nSPS) is 19.2. The average molecular weight is 408 g/mol. The first-order chi connectivity index (χ1) is 14.1. The van der Waals surface area contributed by atoms with E-state index in [1.165, 1.54) is 18.2 Å². The molecule has 0 N–H and O–H groups in total. The van der Waals surface area contributed by atoms with Crippen LogP contribution in [0.3, 0.4) is 0 Å². The SMILES string of the molecule is CC1=NC(C)=C(C(=O)CCC(C)C)C(c2ccc(F)c3c(=O)cc(C)oc23)C1C#N. The highest BCUT2D eigenvalue weighted by Gasteiger charge is 2.38. The van der Waals surface area contributed by atoms with E-state index in [1.807, 2.05) is 13.8 Å². The van der Waals surface area contributed by atoms with Gasteiger partial charge in [-0.15, -0.1) is 0 Å². The molecular weight excluding hydrogens is 383 g/mol. The second-order valence-electron chi connectivity index (χ2n) is 8.25. The Hall–Kier alpha value is -3.07. The van der Waals surface area contributed by atoms with E-state index in [2.05, 4.69) is 11.1 Å². The second kappa shape index (κ2) is 8.35. The first-order valence-corrected chi connectivity index (χ1v) is 10.1. The van der Waals surface area contributed by atoms with Gasteiger partial charge in [-0.2, -0.15) is 5.26 Å². The fourth-order valence-electron chi connectivity index (χ4n) is 4.07. The standard InChI is InChI=1S/C24H25FN2O3/c1-12(2)6-9-19(28)21-15(5)27-14(4)17(11-26)22(21)16-7-8-18(25)23-20(29)10-13(3)30-24(16)23/h7-8,10,12,17,22H,6,9H2,1-5H3. The van der Waals surface area contributed by atoms with Crippen LogP contribution >= 0.6 is 0 Å². The lowest BCUT2D eigenvalue weighted by Crippen LogP contribution is -2.29. The monoisotopic (exact) mass is 408 g/mol. The lowest BCUT2D eigenvalue weighted by Gasteiger charge is -2.30. The van der Waals surface area contributed by atoms with Gasteiger partial charge in [0.1, 0.15) is 22.5 Å². The van der Waals surface area contributed by atoms with E-state index in [9.17, 15) is 19.2 Å². The molecule has 6 heteroatoms. The molecule has 0 spiro atoms. The van der Waals surface area contributed by atoms with Crippen molar-refractivity contribution < 1.29 is 13.6 Å². The average Bonchev–Trinajstić information content (AvgIpc) is 2.65. The van der Waals surface area contributed by atoms with Crippen LogP contribution in [0, 0.1) is 35.9 Å². The van der Waals surface area contributed by atoms with E-state index in [1.54, 1.807) is 20.8 Å². The van der Waals surface area contributed by atoms with Gasteiger partial charge in [0.05, 0.1) is 12.0 Å². The highest BCUT2D eigenvalue weighted by atomic mass is 19.1. The van der Waals surface area contributed by atoms with E-state index in [4.69, 9.17) is 4.42 Å². The molecule has 1 aromatic carbocycles. The van der Waals surface area contributed by atoms with E-state index in [-0.39, 0.29) is 16.8 Å². The summed E-state index contributed by atoms with van der Waals surface area (Å²) in [6, 6.07) is 6.20. The number of allylic oxidation sites excluding steroid dienone is 2. The number of aryl methyl sites for hydroxylation is 1. The molecule has 0 saturated heterocycles. The predicted molar refractivity (Wildman–Crippen MR) is 114 cm³/mol. The predicted octanol–water partition coefficient (Wildman–Crippen LogP) is 5.22. The Balaban J connectivity index is 2.29. The Labute approximate surface area is 174 Å². The second-order valence-corrected chi connectivity index (χ2v) is 8.25. The van der Waals surface area contributed by atoms with Crippen molar-refractivity contribution >= 4 is 22.5 Å². The Kier molecular flexibility index (Phi) is 6.02. The van der Waals surface area contributed by atoms with Crippen molar-refractivity contribution in [3.63, 3.8) is 0 Å². The summed E-state index contributed by atoms with van der Waals surface area (Å²) in [5, 5.41) is 9.74. The van der Waals surface area contributed by atoms with Crippen molar-refractivity contribution in [1.29, 1.82) is 5.26 Å². The molecule has 3 rings (SSSR count). The minimum atomic E-state index is -0.717. The van der Waals surface area contributed by atoms with Gasteiger partial charge < -0.3 is 4.42 Å². The molecular formula is C24H25FN2O3. The molecule has 1 aliphatic heterocycles. The fraction of sp³-hybridized carbons (Fsp3) is 0.417. The van der Waals surface area contributed by atoms with E-state index in [0.717, 1.165) is 0 Å². The largest absolute Gasteiger partial charge is 0.461 e. The van der Waals surface area contributed by atoms with Gasteiger partial charge in [-0.05, 0) is 39.2 Å². The Bertz CT molecular complexity index is 1180. The molecule has 0 saturated carbocycles. The number of Topliss-reactive ketones (excluding diaryl/α,β-unsaturated/α-hetero) is 1. The zero-order valence-corrected chi connectivity index (χ0v) is 17.9. The number of fused-ring (bicyclic) bond motifs is 1. The van der Waals surface area contributed by atoms with Crippen LogP contribution in [-0.4, -0.2) is 11.5 Å². The van der Waals surface area contributed by atoms with Crippen LogP contribution in [0.4, 0.5) is 4.39 Å². The molecule has 2 atom stereocenters. The van der Waals surface area contributed by atoms with Gasteiger partial charge in [0.2, 0.25) is 0 Å². The van der Waals surface area contributed by atoms with Crippen molar-refractivity contribution in [3.05, 3.63) is 56.8 Å². The number of aliphatic imine (C=N–C) groups is 1. The summed E-state index contributed by atoms with van der Waals surface area (Å²) in [5.74, 6) is -1.49. The first kappa shape index (κ1) is 21.6. The van der Waals surface area contributed by atoms with Crippen LogP contribution in [0.2, 0.25) is 0 Å². The number of nitrogens with zero attached hydrogens (tertiary/aromatic N) is 2. The molecule has 0 amide bonds. The number of halogens is 1. The van der Waals surface area contributed by atoms with E-state index < -0.39 is 23.1 Å². The van der Waals surface area contributed by atoms with Gasteiger partial charge in [0.15, 0.2) is 11.2 Å².